The highest BCUT2D eigenvalue weighted by Crippen LogP contribution is 2.26. The molecule has 0 radical (unpaired) electrons. The minimum atomic E-state index is -0.698. The zero-order valence-corrected chi connectivity index (χ0v) is 11.0. The van der Waals surface area contributed by atoms with Crippen molar-refractivity contribution >= 4 is 22.9 Å². The third-order valence-corrected chi connectivity index (χ3v) is 3.60. The Morgan fingerprint density at radius 1 is 1.40 bits per heavy atom. The zero-order chi connectivity index (χ0) is 13.9. The molecule has 3 aromatic rings. The lowest BCUT2D eigenvalue weighted by atomic mass is 10.1. The quantitative estimate of drug-likeness (QED) is 0.573. The van der Waals surface area contributed by atoms with Crippen molar-refractivity contribution in [1.82, 2.24) is 15.2 Å². The number of carbonyl (C=O) groups is 2. The predicted molar refractivity (Wildman–Crippen MR) is 71.4 cm³/mol. The van der Waals surface area contributed by atoms with Crippen molar-refractivity contribution in [3.63, 3.8) is 0 Å². The number of H-pyrrole nitrogens is 1. The van der Waals surface area contributed by atoms with Gasteiger partial charge in [-0.15, -0.1) is 11.3 Å². The number of thiophene rings is 1. The fraction of sp³-hybridized carbons (Fsp3) is 0.0769. The molecule has 0 saturated heterocycles. The summed E-state index contributed by atoms with van der Waals surface area (Å²) >= 11 is 1.58. The molecule has 0 aliphatic rings. The van der Waals surface area contributed by atoms with Crippen molar-refractivity contribution in [2.45, 2.75) is 6.42 Å². The molecule has 0 fully saturated rings. The summed E-state index contributed by atoms with van der Waals surface area (Å²) in [4.78, 5) is 28.2. The van der Waals surface area contributed by atoms with Crippen LogP contribution in [0, 0.1) is 0 Å². The molecule has 3 aromatic heterocycles. The van der Waals surface area contributed by atoms with Crippen LogP contribution in [0.15, 0.2) is 40.6 Å². The van der Waals surface area contributed by atoms with Gasteiger partial charge in [0.2, 0.25) is 5.78 Å². The number of ketones is 2. The van der Waals surface area contributed by atoms with Gasteiger partial charge in [-0.1, -0.05) is 6.07 Å². The summed E-state index contributed by atoms with van der Waals surface area (Å²) < 4.78 is 5.31. The first-order valence-electron chi connectivity index (χ1n) is 5.78. The largest absolute Gasteiger partial charge is 0.468 e. The Morgan fingerprint density at radius 2 is 2.30 bits per heavy atom. The molecule has 0 aromatic carbocycles. The minimum Gasteiger partial charge on any atom is -0.468 e. The molecule has 0 atom stereocenters. The van der Waals surface area contributed by atoms with Crippen molar-refractivity contribution in [2.75, 3.05) is 0 Å². The van der Waals surface area contributed by atoms with E-state index in [2.05, 4.69) is 15.2 Å². The summed E-state index contributed by atoms with van der Waals surface area (Å²) in [5.74, 6) is -0.892. The van der Waals surface area contributed by atoms with E-state index in [9.17, 15) is 9.59 Å². The molecule has 20 heavy (non-hydrogen) atoms. The van der Waals surface area contributed by atoms with Crippen LogP contribution in [0.25, 0.3) is 10.4 Å². The molecular formula is C13H9N3O3S. The van der Waals surface area contributed by atoms with Gasteiger partial charge in [0, 0.05) is 10.4 Å². The van der Waals surface area contributed by atoms with Gasteiger partial charge < -0.3 is 4.42 Å². The van der Waals surface area contributed by atoms with Crippen LogP contribution in [-0.4, -0.2) is 26.7 Å². The van der Waals surface area contributed by atoms with E-state index in [0.717, 1.165) is 10.4 Å². The van der Waals surface area contributed by atoms with E-state index in [1.807, 2.05) is 17.5 Å². The Labute approximate surface area is 117 Å². The number of Topliss-reactive ketones (excluding diaryl/α,β-unsaturated/α-hetero) is 2. The average molecular weight is 287 g/mol. The molecule has 0 aliphatic heterocycles. The second-order valence-corrected chi connectivity index (χ2v) is 4.99. The standard InChI is InChI=1S/C13H9N3O3S/c17-10(12(18)13-14-7-15-16-13)5-9-4-8(6-19-9)11-2-1-3-20-11/h1-4,6-7H,5H2,(H,14,15,16). The van der Waals surface area contributed by atoms with Crippen LogP contribution < -0.4 is 0 Å². The molecular weight excluding hydrogens is 278 g/mol. The molecule has 1 N–H and O–H groups in total. The maximum absolute atomic E-state index is 11.8. The molecule has 100 valence electrons. The van der Waals surface area contributed by atoms with Gasteiger partial charge in [0.15, 0.2) is 5.82 Å². The highest BCUT2D eigenvalue weighted by atomic mass is 32.1. The molecule has 0 saturated carbocycles. The minimum absolute atomic E-state index is 0.0555. The average Bonchev–Trinajstić information content (AvgIpc) is 3.19. The van der Waals surface area contributed by atoms with Crippen molar-refractivity contribution in [3.8, 4) is 10.4 Å². The summed E-state index contributed by atoms with van der Waals surface area (Å²) in [5, 5.41) is 7.87. The molecule has 0 unspecified atom stereocenters. The lowest BCUT2D eigenvalue weighted by Gasteiger charge is -1.94. The van der Waals surface area contributed by atoms with Crippen molar-refractivity contribution in [2.24, 2.45) is 0 Å². The SMILES string of the molecule is O=C(Cc1cc(-c2cccs2)co1)C(=O)c1ncn[nH]1. The lowest BCUT2D eigenvalue weighted by molar-refractivity contribution is -0.114. The highest BCUT2D eigenvalue weighted by Gasteiger charge is 2.20. The molecule has 0 amide bonds. The smallest absolute Gasteiger partial charge is 0.265 e. The first kappa shape index (κ1) is 12.5. The van der Waals surface area contributed by atoms with Gasteiger partial charge in [0.05, 0.1) is 12.7 Å². The van der Waals surface area contributed by atoms with E-state index >= 15 is 0 Å². The number of nitrogens with one attached hydrogen (secondary N) is 1. The van der Waals surface area contributed by atoms with E-state index in [4.69, 9.17) is 4.42 Å². The molecule has 3 rings (SSSR count). The summed E-state index contributed by atoms with van der Waals surface area (Å²) in [6, 6.07) is 5.66. The van der Waals surface area contributed by atoms with E-state index in [0.29, 0.717) is 5.76 Å². The fourth-order valence-electron chi connectivity index (χ4n) is 1.73. The van der Waals surface area contributed by atoms with Gasteiger partial charge >= 0.3 is 0 Å². The monoisotopic (exact) mass is 287 g/mol. The molecule has 6 nitrogen and oxygen atoms in total. The molecule has 0 bridgehead atoms. The van der Waals surface area contributed by atoms with E-state index < -0.39 is 11.6 Å². The lowest BCUT2D eigenvalue weighted by Crippen LogP contribution is -2.17. The third kappa shape index (κ3) is 2.43. The van der Waals surface area contributed by atoms with Gasteiger partial charge in [-0.2, -0.15) is 5.10 Å². The van der Waals surface area contributed by atoms with Gasteiger partial charge in [-0.05, 0) is 17.5 Å². The maximum atomic E-state index is 11.8. The van der Waals surface area contributed by atoms with Gasteiger partial charge in [0.25, 0.3) is 5.78 Å². The Balaban J connectivity index is 1.72. The number of aromatic nitrogens is 3. The number of hydrogen-bond donors (Lipinski definition) is 1. The number of furan rings is 1. The Hall–Kier alpha value is -2.54. The maximum Gasteiger partial charge on any atom is 0.265 e. The van der Waals surface area contributed by atoms with Crippen LogP contribution >= 0.6 is 11.3 Å². The number of rotatable bonds is 5. The second-order valence-electron chi connectivity index (χ2n) is 4.04. The summed E-state index contributed by atoms with van der Waals surface area (Å²) in [6.07, 6.45) is 2.67. The zero-order valence-electron chi connectivity index (χ0n) is 10.2. The van der Waals surface area contributed by atoms with E-state index in [1.54, 1.807) is 23.7 Å². The van der Waals surface area contributed by atoms with Crippen LogP contribution in [0.1, 0.15) is 16.4 Å². The fourth-order valence-corrected chi connectivity index (χ4v) is 2.43. The van der Waals surface area contributed by atoms with Crippen molar-refractivity contribution < 1.29 is 14.0 Å². The molecule has 0 spiro atoms. The summed E-state index contributed by atoms with van der Waals surface area (Å²) in [6.45, 7) is 0. The first-order valence-corrected chi connectivity index (χ1v) is 6.66. The summed E-state index contributed by atoms with van der Waals surface area (Å²) in [7, 11) is 0. The Bertz CT molecular complexity index is 729. The van der Waals surface area contributed by atoms with E-state index in [-0.39, 0.29) is 12.2 Å². The van der Waals surface area contributed by atoms with Crippen molar-refractivity contribution in [1.29, 1.82) is 0 Å². The Kier molecular flexibility index (Phi) is 3.26. The van der Waals surface area contributed by atoms with Crippen LogP contribution in [0.5, 0.6) is 0 Å². The third-order valence-electron chi connectivity index (χ3n) is 2.68. The first-order chi connectivity index (χ1) is 9.74. The molecule has 0 aliphatic carbocycles. The van der Waals surface area contributed by atoms with E-state index in [1.165, 1.54) is 6.33 Å². The van der Waals surface area contributed by atoms with Gasteiger partial charge in [0.1, 0.15) is 12.1 Å². The number of nitrogens with zero attached hydrogens (tertiary/aromatic N) is 2. The predicted octanol–water partition coefficient (Wildman–Crippen LogP) is 2.12. The number of carbonyl (C=O) groups excluding carboxylic acids is 2. The number of hydrogen-bond acceptors (Lipinski definition) is 6. The molecule has 3 heterocycles. The van der Waals surface area contributed by atoms with Gasteiger partial charge in [-0.25, -0.2) is 4.98 Å². The van der Waals surface area contributed by atoms with Crippen LogP contribution in [0.2, 0.25) is 0 Å². The highest BCUT2D eigenvalue weighted by molar-refractivity contribution is 7.13. The normalized spacial score (nSPS) is 10.6. The van der Waals surface area contributed by atoms with Crippen LogP contribution in [-0.2, 0) is 11.2 Å². The molecule has 7 heteroatoms. The van der Waals surface area contributed by atoms with Crippen molar-refractivity contribution in [3.05, 3.63) is 47.8 Å². The van der Waals surface area contributed by atoms with Crippen LogP contribution in [0.4, 0.5) is 0 Å². The summed E-state index contributed by atoms with van der Waals surface area (Å²) in [5.41, 5.74) is 0.898. The number of aromatic amines is 1. The Morgan fingerprint density at radius 3 is 3.00 bits per heavy atom. The topological polar surface area (TPSA) is 88.8 Å². The van der Waals surface area contributed by atoms with Crippen LogP contribution in [0.3, 0.4) is 0 Å². The van der Waals surface area contributed by atoms with Gasteiger partial charge in [-0.3, -0.25) is 14.7 Å². The second kappa shape index (κ2) is 5.22.